The minimum Gasteiger partial charge on any atom is -0.312 e. The van der Waals surface area contributed by atoms with E-state index in [1.165, 1.54) is 0 Å². The van der Waals surface area contributed by atoms with Gasteiger partial charge in [-0.2, -0.15) is 9.14 Å². The van der Waals surface area contributed by atoms with Gasteiger partial charge in [0.25, 0.3) is 0 Å². The van der Waals surface area contributed by atoms with E-state index in [2.05, 4.69) is 64.3 Å². The van der Waals surface area contributed by atoms with E-state index in [1.54, 1.807) is 6.07 Å². The summed E-state index contributed by atoms with van der Waals surface area (Å²) in [5, 5.41) is 1.93. The minimum absolute atomic E-state index is 0.248. The standard InChI is InChI=1S/C38H33F2N3/c1-25-22-26(2)43(31-15-8-5-9-16-31)27(3)37-33(19-21-41(25)30-13-6-4-7-14-30)34-23-29(39)24-35(40)36(34)38-32-17-11-10-12-28(32)18-20-42(37)38/h4-18,20,22-24,33,37H,3,19,21H2,1-2H3/q+2. The zero-order chi connectivity index (χ0) is 29.7. The van der Waals surface area contributed by atoms with E-state index in [-0.39, 0.29) is 12.0 Å². The summed E-state index contributed by atoms with van der Waals surface area (Å²) in [5.74, 6) is -1.35. The molecule has 5 aromatic rings. The topological polar surface area (TPSA) is 10.1 Å². The third-order valence-corrected chi connectivity index (χ3v) is 8.86. The highest BCUT2D eigenvalue weighted by molar-refractivity contribution is 5.94. The van der Waals surface area contributed by atoms with E-state index in [9.17, 15) is 0 Å². The second-order valence-electron chi connectivity index (χ2n) is 11.4. The van der Waals surface area contributed by atoms with Crippen LogP contribution in [0.5, 0.6) is 0 Å². The Morgan fingerprint density at radius 1 is 0.837 bits per heavy atom. The summed E-state index contributed by atoms with van der Waals surface area (Å²) in [5.41, 5.74) is 6.90. The van der Waals surface area contributed by atoms with Crippen LogP contribution in [0, 0.1) is 11.6 Å². The van der Waals surface area contributed by atoms with Crippen LogP contribution in [0.4, 0.5) is 20.2 Å². The van der Waals surface area contributed by atoms with E-state index >= 15 is 8.78 Å². The number of hydrogen-bond acceptors (Lipinski definition) is 1. The minimum atomic E-state index is -0.565. The lowest BCUT2D eigenvalue weighted by atomic mass is 9.78. The quantitative estimate of drug-likeness (QED) is 0.193. The molecule has 2 unspecified atom stereocenters. The lowest BCUT2D eigenvalue weighted by molar-refractivity contribution is -0.709. The lowest BCUT2D eigenvalue weighted by Crippen LogP contribution is -2.51. The summed E-state index contributed by atoms with van der Waals surface area (Å²) in [6.07, 6.45) is 4.90. The van der Waals surface area contributed by atoms with Crippen LogP contribution >= 0.6 is 0 Å². The van der Waals surface area contributed by atoms with Crippen molar-refractivity contribution in [3.63, 3.8) is 0 Å². The molecule has 5 heteroatoms. The van der Waals surface area contributed by atoms with Crippen LogP contribution in [0.15, 0.2) is 133 Å². The first-order valence-electron chi connectivity index (χ1n) is 14.7. The average molecular weight is 570 g/mol. The molecule has 0 bridgehead atoms. The lowest BCUT2D eigenvalue weighted by Gasteiger charge is -2.37. The van der Waals surface area contributed by atoms with Crippen molar-refractivity contribution in [2.75, 3.05) is 11.4 Å². The van der Waals surface area contributed by atoms with Gasteiger partial charge in [-0.05, 0) is 42.1 Å². The fraction of sp³-hybridized carbons (Fsp3) is 0.158. The molecule has 4 aromatic carbocycles. The van der Waals surface area contributed by atoms with Crippen LogP contribution in [0.25, 0.3) is 22.0 Å². The first-order chi connectivity index (χ1) is 20.9. The van der Waals surface area contributed by atoms with Gasteiger partial charge in [0.1, 0.15) is 18.2 Å². The number of anilines is 1. The summed E-state index contributed by atoms with van der Waals surface area (Å²) in [6.45, 7) is 9.62. The second-order valence-corrected chi connectivity index (χ2v) is 11.4. The van der Waals surface area contributed by atoms with Gasteiger partial charge in [0.05, 0.1) is 22.6 Å². The van der Waals surface area contributed by atoms with Crippen molar-refractivity contribution in [3.05, 3.63) is 151 Å². The third-order valence-electron chi connectivity index (χ3n) is 8.86. The highest BCUT2D eigenvalue weighted by Crippen LogP contribution is 2.47. The number of benzene rings is 4. The molecule has 2 aliphatic rings. The molecule has 2 aliphatic heterocycles. The molecule has 3 nitrogen and oxygen atoms in total. The Balaban J connectivity index is 1.54. The van der Waals surface area contributed by atoms with Gasteiger partial charge in [-0.25, -0.2) is 8.78 Å². The zero-order valence-corrected chi connectivity index (χ0v) is 24.3. The number of rotatable bonds is 2. The Morgan fingerprint density at radius 2 is 1.53 bits per heavy atom. The number of hydrogen-bond donors (Lipinski definition) is 0. The van der Waals surface area contributed by atoms with Gasteiger partial charge in [-0.15, -0.1) is 0 Å². The molecule has 0 radical (unpaired) electrons. The highest BCUT2D eigenvalue weighted by atomic mass is 19.1. The SMILES string of the molecule is C=C1C2C(CC[N+](c3ccccc3)=C(C)/C=C(/C)N1c1ccccc1)c1cc(F)cc(F)c1-c1c3ccccc3cc[n+]12. The van der Waals surface area contributed by atoms with Gasteiger partial charge in [0.2, 0.25) is 17.4 Å². The molecule has 7 rings (SSSR count). The van der Waals surface area contributed by atoms with Crippen molar-refractivity contribution >= 4 is 27.9 Å². The number of para-hydroxylation sites is 2. The molecular formula is C38H33F2N3+2. The zero-order valence-electron chi connectivity index (χ0n) is 24.3. The molecule has 212 valence electrons. The van der Waals surface area contributed by atoms with Crippen LogP contribution in [-0.2, 0) is 0 Å². The Hall–Kier alpha value is -4.90. The smallest absolute Gasteiger partial charge is 0.224 e. The predicted octanol–water partition coefficient (Wildman–Crippen LogP) is 8.84. The molecule has 0 N–H and O–H groups in total. The molecule has 43 heavy (non-hydrogen) atoms. The van der Waals surface area contributed by atoms with E-state index in [0.29, 0.717) is 24.1 Å². The first kappa shape index (κ1) is 27.0. The van der Waals surface area contributed by atoms with E-state index in [0.717, 1.165) is 51.0 Å². The molecule has 1 aromatic heterocycles. The molecule has 0 saturated carbocycles. The molecular weight excluding hydrogens is 536 g/mol. The van der Waals surface area contributed by atoms with E-state index in [4.69, 9.17) is 6.58 Å². The Kier molecular flexibility index (Phi) is 6.73. The Labute approximate surface area is 251 Å². The largest absolute Gasteiger partial charge is 0.312 e. The monoisotopic (exact) mass is 569 g/mol. The van der Waals surface area contributed by atoms with Crippen LogP contribution in [0.1, 0.15) is 37.8 Å². The third kappa shape index (κ3) is 4.56. The molecule has 2 atom stereocenters. The fourth-order valence-electron chi connectivity index (χ4n) is 7.07. The Morgan fingerprint density at radius 3 is 2.30 bits per heavy atom. The number of pyridine rings is 1. The molecule has 3 heterocycles. The van der Waals surface area contributed by atoms with Crippen LogP contribution in [0.3, 0.4) is 0 Å². The van der Waals surface area contributed by atoms with Crippen molar-refractivity contribution in [1.82, 2.24) is 0 Å². The van der Waals surface area contributed by atoms with Crippen molar-refractivity contribution in [2.45, 2.75) is 32.2 Å². The van der Waals surface area contributed by atoms with Gasteiger partial charge in [0.15, 0.2) is 11.9 Å². The van der Waals surface area contributed by atoms with Crippen LogP contribution in [-0.4, -0.2) is 16.8 Å². The normalized spacial score (nSPS) is 19.8. The van der Waals surface area contributed by atoms with E-state index < -0.39 is 11.6 Å². The summed E-state index contributed by atoms with van der Waals surface area (Å²) in [7, 11) is 0. The Bertz CT molecular complexity index is 1940. The fourth-order valence-corrected chi connectivity index (χ4v) is 7.07. The van der Waals surface area contributed by atoms with Gasteiger partial charge >= 0.3 is 0 Å². The molecule has 0 aliphatic carbocycles. The summed E-state index contributed by atoms with van der Waals surface area (Å²) >= 11 is 0. The van der Waals surface area contributed by atoms with Gasteiger partial charge < -0.3 is 4.90 Å². The number of allylic oxidation sites excluding steroid dienone is 3. The average Bonchev–Trinajstić information content (AvgIpc) is 3.01. The number of halogens is 2. The summed E-state index contributed by atoms with van der Waals surface area (Å²) in [6, 6.07) is 32.8. The van der Waals surface area contributed by atoms with Crippen LogP contribution < -0.4 is 9.47 Å². The van der Waals surface area contributed by atoms with Crippen molar-refractivity contribution < 1.29 is 17.9 Å². The number of nitrogens with zero attached hydrogens (tertiary/aromatic N) is 3. The highest BCUT2D eigenvalue weighted by Gasteiger charge is 2.46. The van der Waals surface area contributed by atoms with Crippen molar-refractivity contribution in [1.29, 1.82) is 0 Å². The van der Waals surface area contributed by atoms with Gasteiger partial charge in [0, 0.05) is 55.1 Å². The maximum absolute atomic E-state index is 16.0. The van der Waals surface area contributed by atoms with Crippen LogP contribution in [0.2, 0.25) is 0 Å². The predicted molar refractivity (Wildman–Crippen MR) is 170 cm³/mol. The van der Waals surface area contributed by atoms with Crippen molar-refractivity contribution in [2.24, 2.45) is 0 Å². The van der Waals surface area contributed by atoms with Gasteiger partial charge in [-0.1, -0.05) is 61.2 Å². The molecule has 0 saturated heterocycles. The number of aromatic nitrogens is 1. The molecule has 0 amide bonds. The van der Waals surface area contributed by atoms with E-state index in [1.807, 2.05) is 66.9 Å². The molecule has 0 fully saturated rings. The second kappa shape index (κ2) is 10.7. The van der Waals surface area contributed by atoms with Crippen molar-refractivity contribution in [3.8, 4) is 11.3 Å². The maximum atomic E-state index is 16.0. The summed E-state index contributed by atoms with van der Waals surface area (Å²) < 4.78 is 35.6. The number of fused-ring (bicyclic) bond motifs is 8. The molecule has 0 spiro atoms. The first-order valence-corrected chi connectivity index (χ1v) is 14.7. The van der Waals surface area contributed by atoms with Gasteiger partial charge in [-0.3, -0.25) is 0 Å². The maximum Gasteiger partial charge on any atom is 0.224 e. The summed E-state index contributed by atoms with van der Waals surface area (Å²) in [4.78, 5) is 2.20.